The minimum absolute atomic E-state index is 0.110. The highest BCUT2D eigenvalue weighted by molar-refractivity contribution is 6.09. The van der Waals surface area contributed by atoms with E-state index in [1.54, 1.807) is 36.4 Å². The summed E-state index contributed by atoms with van der Waals surface area (Å²) in [6.07, 6.45) is 0.462. The zero-order valence-corrected chi connectivity index (χ0v) is 19.0. The predicted molar refractivity (Wildman–Crippen MR) is 127 cm³/mol. The standard InChI is InChI=1S/C27H25FN2O4/c1-29-24(31)16-34-23-10-6-9-20(27(23)33-2)21-15-22(17-11-13-19(28)14-12-17)30-25(21)26(32)18-7-4-3-5-8-18/h3-14,21,25H,15-16H2,1-2H3,(H,29,31). The fourth-order valence-corrected chi connectivity index (χ4v) is 4.13. The molecule has 34 heavy (non-hydrogen) atoms. The Balaban J connectivity index is 1.74. The molecule has 0 saturated heterocycles. The van der Waals surface area contributed by atoms with Crippen LogP contribution in [-0.4, -0.2) is 44.2 Å². The lowest BCUT2D eigenvalue weighted by Gasteiger charge is -2.22. The van der Waals surface area contributed by atoms with Crippen LogP contribution in [0.4, 0.5) is 4.39 Å². The van der Waals surface area contributed by atoms with Crippen LogP contribution in [0.2, 0.25) is 0 Å². The fraction of sp³-hybridized carbons (Fsp3) is 0.222. The maximum Gasteiger partial charge on any atom is 0.257 e. The van der Waals surface area contributed by atoms with Gasteiger partial charge in [-0.25, -0.2) is 4.39 Å². The highest BCUT2D eigenvalue weighted by atomic mass is 19.1. The van der Waals surface area contributed by atoms with Gasteiger partial charge in [0.15, 0.2) is 23.9 Å². The molecule has 0 aliphatic carbocycles. The van der Waals surface area contributed by atoms with E-state index in [1.165, 1.54) is 26.3 Å². The van der Waals surface area contributed by atoms with Crippen molar-refractivity contribution in [2.24, 2.45) is 4.99 Å². The Hall–Kier alpha value is -4.00. The van der Waals surface area contributed by atoms with E-state index in [0.717, 1.165) is 16.8 Å². The van der Waals surface area contributed by atoms with E-state index in [-0.39, 0.29) is 30.0 Å². The van der Waals surface area contributed by atoms with Crippen LogP contribution < -0.4 is 14.8 Å². The molecular weight excluding hydrogens is 435 g/mol. The number of rotatable bonds is 8. The Labute approximate surface area is 197 Å². The summed E-state index contributed by atoms with van der Waals surface area (Å²) in [6.45, 7) is -0.162. The number of nitrogens with zero attached hydrogens (tertiary/aromatic N) is 1. The van der Waals surface area contributed by atoms with E-state index >= 15 is 0 Å². The smallest absolute Gasteiger partial charge is 0.257 e. The van der Waals surface area contributed by atoms with Gasteiger partial charge in [-0.2, -0.15) is 0 Å². The molecule has 4 rings (SSSR count). The zero-order chi connectivity index (χ0) is 24.1. The molecule has 2 unspecified atom stereocenters. The number of Topliss-reactive ketones (excluding diaryl/α,β-unsaturated/α-hetero) is 1. The summed E-state index contributed by atoms with van der Waals surface area (Å²) >= 11 is 0. The van der Waals surface area contributed by atoms with E-state index in [4.69, 9.17) is 14.5 Å². The molecular formula is C27H25FN2O4. The first-order valence-corrected chi connectivity index (χ1v) is 10.9. The average molecular weight is 461 g/mol. The molecule has 3 aromatic carbocycles. The van der Waals surface area contributed by atoms with Crippen molar-refractivity contribution in [2.45, 2.75) is 18.4 Å². The summed E-state index contributed by atoms with van der Waals surface area (Å²) in [6, 6.07) is 19.8. The van der Waals surface area contributed by atoms with Crippen LogP contribution in [0.1, 0.15) is 33.8 Å². The largest absolute Gasteiger partial charge is 0.493 e. The number of ketones is 1. The molecule has 0 radical (unpaired) electrons. The van der Waals surface area contributed by atoms with Crippen molar-refractivity contribution in [1.29, 1.82) is 0 Å². The predicted octanol–water partition coefficient (Wildman–Crippen LogP) is 4.19. The van der Waals surface area contributed by atoms with Crippen LogP contribution in [-0.2, 0) is 4.79 Å². The number of ether oxygens (including phenoxy) is 2. The number of para-hydroxylation sites is 1. The molecule has 1 N–H and O–H groups in total. The number of benzene rings is 3. The first-order chi connectivity index (χ1) is 16.5. The summed E-state index contributed by atoms with van der Waals surface area (Å²) in [7, 11) is 3.06. The number of amides is 1. The molecule has 0 spiro atoms. The second kappa shape index (κ2) is 10.3. The first kappa shape index (κ1) is 23.2. The Kier molecular flexibility index (Phi) is 7.01. The van der Waals surface area contributed by atoms with Crippen molar-refractivity contribution in [2.75, 3.05) is 20.8 Å². The summed E-state index contributed by atoms with van der Waals surface area (Å²) in [5.41, 5.74) is 2.80. The van der Waals surface area contributed by atoms with Gasteiger partial charge in [-0.15, -0.1) is 0 Å². The van der Waals surface area contributed by atoms with Crippen molar-refractivity contribution in [3.63, 3.8) is 0 Å². The molecule has 0 saturated carbocycles. The third-order valence-corrected chi connectivity index (χ3v) is 5.84. The number of nitrogens with one attached hydrogen (secondary N) is 1. The van der Waals surface area contributed by atoms with Crippen molar-refractivity contribution in [3.05, 3.63) is 95.3 Å². The molecule has 174 valence electrons. The van der Waals surface area contributed by atoms with Crippen molar-refractivity contribution in [1.82, 2.24) is 5.32 Å². The Morgan fingerprint density at radius 1 is 1.03 bits per heavy atom. The van der Waals surface area contributed by atoms with Crippen LogP contribution in [0.3, 0.4) is 0 Å². The maximum absolute atomic E-state index is 13.5. The third kappa shape index (κ3) is 4.83. The number of aliphatic imine (C=N–C) groups is 1. The maximum atomic E-state index is 13.5. The summed E-state index contributed by atoms with van der Waals surface area (Å²) in [5, 5.41) is 2.52. The minimum Gasteiger partial charge on any atom is -0.493 e. The van der Waals surface area contributed by atoms with Crippen molar-refractivity contribution >= 4 is 17.4 Å². The number of methoxy groups -OCH3 is 1. The lowest BCUT2D eigenvalue weighted by atomic mass is 9.85. The number of likely N-dealkylation sites (N-methyl/N-ethyl adjacent to an activating group) is 1. The molecule has 1 heterocycles. The monoisotopic (exact) mass is 460 g/mol. The van der Waals surface area contributed by atoms with Gasteiger partial charge in [-0.3, -0.25) is 14.6 Å². The number of halogens is 1. The normalized spacial score (nSPS) is 17.1. The molecule has 1 aliphatic heterocycles. The molecule has 0 aromatic heterocycles. The van der Waals surface area contributed by atoms with Gasteiger partial charge in [0.2, 0.25) is 0 Å². The van der Waals surface area contributed by atoms with Gasteiger partial charge in [0, 0.05) is 29.8 Å². The molecule has 0 bridgehead atoms. The van der Waals surface area contributed by atoms with E-state index in [1.807, 2.05) is 24.3 Å². The molecule has 6 nitrogen and oxygen atoms in total. The molecule has 1 amide bonds. The second-order valence-electron chi connectivity index (χ2n) is 7.91. The molecule has 7 heteroatoms. The first-order valence-electron chi connectivity index (χ1n) is 10.9. The molecule has 1 aliphatic rings. The Morgan fingerprint density at radius 2 is 1.76 bits per heavy atom. The topological polar surface area (TPSA) is 77.0 Å². The van der Waals surface area contributed by atoms with Crippen LogP contribution in [0, 0.1) is 5.82 Å². The second-order valence-corrected chi connectivity index (χ2v) is 7.91. The fourth-order valence-electron chi connectivity index (χ4n) is 4.13. The zero-order valence-electron chi connectivity index (χ0n) is 19.0. The van der Waals surface area contributed by atoms with Gasteiger partial charge >= 0.3 is 0 Å². The van der Waals surface area contributed by atoms with Gasteiger partial charge < -0.3 is 14.8 Å². The van der Waals surface area contributed by atoms with E-state index < -0.39 is 6.04 Å². The summed E-state index contributed by atoms with van der Waals surface area (Å²) < 4.78 is 24.8. The highest BCUT2D eigenvalue weighted by Crippen LogP contribution is 2.43. The van der Waals surface area contributed by atoms with Gasteiger partial charge in [-0.05, 0) is 30.2 Å². The van der Waals surface area contributed by atoms with E-state index in [2.05, 4.69) is 5.32 Å². The SMILES string of the molecule is CNC(=O)COc1cccc(C2CC(c3ccc(F)cc3)=NC2C(=O)c2ccccc2)c1OC. The quantitative estimate of drug-likeness (QED) is 0.512. The van der Waals surface area contributed by atoms with Crippen LogP contribution in [0.25, 0.3) is 0 Å². The van der Waals surface area contributed by atoms with Gasteiger partial charge in [0.25, 0.3) is 5.91 Å². The van der Waals surface area contributed by atoms with Crippen LogP contribution >= 0.6 is 0 Å². The number of carbonyl (C=O) groups is 2. The summed E-state index contributed by atoms with van der Waals surface area (Å²) in [4.78, 5) is 30.0. The van der Waals surface area contributed by atoms with E-state index in [0.29, 0.717) is 23.5 Å². The average Bonchev–Trinajstić information content (AvgIpc) is 3.32. The Bertz CT molecular complexity index is 1210. The third-order valence-electron chi connectivity index (χ3n) is 5.84. The lowest BCUT2D eigenvalue weighted by Crippen LogP contribution is -2.25. The van der Waals surface area contributed by atoms with E-state index in [9.17, 15) is 14.0 Å². The Morgan fingerprint density at radius 3 is 2.44 bits per heavy atom. The van der Waals surface area contributed by atoms with Gasteiger partial charge in [-0.1, -0.05) is 54.6 Å². The molecule has 2 atom stereocenters. The highest BCUT2D eigenvalue weighted by Gasteiger charge is 2.38. The minimum atomic E-state index is -0.689. The number of hydrogen-bond acceptors (Lipinski definition) is 5. The number of hydrogen-bond donors (Lipinski definition) is 1. The van der Waals surface area contributed by atoms with Crippen LogP contribution in [0.5, 0.6) is 11.5 Å². The van der Waals surface area contributed by atoms with Gasteiger partial charge in [0.1, 0.15) is 11.9 Å². The van der Waals surface area contributed by atoms with Crippen molar-refractivity contribution < 1.29 is 23.5 Å². The van der Waals surface area contributed by atoms with Gasteiger partial charge in [0.05, 0.1) is 7.11 Å². The molecule has 3 aromatic rings. The van der Waals surface area contributed by atoms with Crippen LogP contribution in [0.15, 0.2) is 77.8 Å². The molecule has 0 fully saturated rings. The summed E-state index contributed by atoms with van der Waals surface area (Å²) in [5.74, 6) is -0.180. The lowest BCUT2D eigenvalue weighted by molar-refractivity contribution is -0.122. The van der Waals surface area contributed by atoms with Crippen molar-refractivity contribution in [3.8, 4) is 11.5 Å². The number of carbonyl (C=O) groups excluding carboxylic acids is 2.